The fraction of sp³-hybridized carbons (Fsp3) is 1.00. The monoisotopic (exact) mass is 224 g/mol. The van der Waals surface area contributed by atoms with Gasteiger partial charge >= 0.3 is 0 Å². The molecule has 0 unspecified atom stereocenters. The second-order valence-electron chi connectivity index (χ2n) is 3.11. The Morgan fingerprint density at radius 3 is 2.00 bits per heavy atom. The van der Waals surface area contributed by atoms with Crippen molar-refractivity contribution in [3.63, 3.8) is 0 Å². The normalized spacial score (nSPS) is 14.6. The molecule has 0 aromatic carbocycles. The van der Waals surface area contributed by atoms with Crippen LogP contribution in [0.5, 0.6) is 0 Å². The summed E-state index contributed by atoms with van der Waals surface area (Å²) in [6, 6.07) is 0. The van der Waals surface area contributed by atoms with Crippen LogP contribution in [-0.4, -0.2) is 65.8 Å². The molecular weight excluding hydrogens is 207 g/mol. The molecule has 0 amide bonds. The van der Waals surface area contributed by atoms with Crippen molar-refractivity contribution in [2.24, 2.45) is 0 Å². The highest BCUT2D eigenvalue weighted by atomic mass is 32.2. The molecule has 7 heteroatoms. The van der Waals surface area contributed by atoms with Crippen molar-refractivity contribution in [3.05, 3.63) is 0 Å². The Morgan fingerprint density at radius 1 is 1.29 bits per heavy atom. The van der Waals surface area contributed by atoms with Gasteiger partial charge < -0.3 is 14.6 Å². The first-order valence-electron chi connectivity index (χ1n) is 4.32. The number of ether oxygens (including phenoxy) is 2. The SMILES string of the molecule is B[C@@H](CO)S(=O)(=O)C(COC)COC. The number of rotatable bonds is 7. The van der Waals surface area contributed by atoms with Crippen LogP contribution in [-0.2, 0) is 19.3 Å². The molecule has 0 spiro atoms. The molecule has 0 radical (unpaired) electrons. The molecular formula is C7H17BO5S. The van der Waals surface area contributed by atoms with Crippen LogP contribution in [0, 0.1) is 0 Å². The Kier molecular flexibility index (Phi) is 6.34. The van der Waals surface area contributed by atoms with Gasteiger partial charge in [-0.1, -0.05) is 0 Å². The molecule has 0 aromatic heterocycles. The molecule has 5 nitrogen and oxygen atoms in total. The van der Waals surface area contributed by atoms with Crippen LogP contribution in [0.2, 0.25) is 0 Å². The summed E-state index contributed by atoms with van der Waals surface area (Å²) in [4.78, 5) is 0. The van der Waals surface area contributed by atoms with Crippen molar-refractivity contribution in [1.29, 1.82) is 0 Å². The van der Waals surface area contributed by atoms with Crippen LogP contribution in [0.4, 0.5) is 0 Å². The van der Waals surface area contributed by atoms with Crippen molar-refractivity contribution < 1.29 is 23.0 Å². The molecule has 1 atom stereocenters. The van der Waals surface area contributed by atoms with Crippen molar-refractivity contribution in [1.82, 2.24) is 0 Å². The smallest absolute Gasteiger partial charge is 0.155 e. The quantitative estimate of drug-likeness (QED) is 0.507. The lowest BCUT2D eigenvalue weighted by atomic mass is 10.1. The van der Waals surface area contributed by atoms with Gasteiger partial charge in [-0.05, 0) is 0 Å². The summed E-state index contributed by atoms with van der Waals surface area (Å²) in [7, 11) is 0.955. The van der Waals surface area contributed by atoms with E-state index in [1.54, 1.807) is 0 Å². The number of aliphatic hydroxyl groups is 1. The Hall–Kier alpha value is -0.105. The van der Waals surface area contributed by atoms with E-state index in [0.717, 1.165) is 0 Å². The van der Waals surface area contributed by atoms with Crippen molar-refractivity contribution in [3.8, 4) is 0 Å². The third-order valence-electron chi connectivity index (χ3n) is 1.99. The van der Waals surface area contributed by atoms with Gasteiger partial charge in [-0.3, -0.25) is 0 Å². The minimum absolute atomic E-state index is 0.0838. The maximum Gasteiger partial charge on any atom is 0.155 e. The molecule has 0 saturated carbocycles. The molecule has 14 heavy (non-hydrogen) atoms. The van der Waals surface area contributed by atoms with Gasteiger partial charge in [0, 0.05) is 14.2 Å². The first-order valence-corrected chi connectivity index (χ1v) is 5.93. The summed E-state index contributed by atoms with van der Waals surface area (Å²) in [6.07, 6.45) is 0. The molecule has 0 aliphatic rings. The summed E-state index contributed by atoms with van der Waals surface area (Å²) < 4.78 is 33.0. The first kappa shape index (κ1) is 13.9. The van der Waals surface area contributed by atoms with E-state index in [4.69, 9.17) is 14.6 Å². The van der Waals surface area contributed by atoms with E-state index in [-0.39, 0.29) is 19.8 Å². The molecule has 0 aromatic rings. The van der Waals surface area contributed by atoms with Crippen LogP contribution >= 0.6 is 0 Å². The average Bonchev–Trinajstić information content (AvgIpc) is 2.16. The van der Waals surface area contributed by atoms with Gasteiger partial charge in [0.2, 0.25) is 0 Å². The average molecular weight is 224 g/mol. The van der Waals surface area contributed by atoms with Gasteiger partial charge in [0.25, 0.3) is 0 Å². The topological polar surface area (TPSA) is 72.8 Å². The zero-order valence-electron chi connectivity index (χ0n) is 8.76. The third-order valence-corrected chi connectivity index (χ3v) is 4.46. The Labute approximate surface area is 85.7 Å². The highest BCUT2D eigenvalue weighted by Crippen LogP contribution is 2.08. The zero-order valence-corrected chi connectivity index (χ0v) is 9.58. The van der Waals surface area contributed by atoms with Crippen molar-refractivity contribution in [2.75, 3.05) is 34.0 Å². The van der Waals surface area contributed by atoms with Crippen LogP contribution in [0.3, 0.4) is 0 Å². The van der Waals surface area contributed by atoms with E-state index in [2.05, 4.69) is 0 Å². The standard InChI is InChI=1S/C7H17BO5S/c1-12-4-6(5-13-2)14(10,11)7(8)3-9/h6-7,9H,3-5,8H2,1-2H3/t7-/m1/s1. The molecule has 0 bridgehead atoms. The van der Waals surface area contributed by atoms with Crippen molar-refractivity contribution in [2.45, 2.75) is 10.4 Å². The lowest BCUT2D eigenvalue weighted by molar-refractivity contribution is 0.140. The minimum atomic E-state index is -3.38. The molecule has 0 aliphatic carbocycles. The van der Waals surface area contributed by atoms with Gasteiger partial charge in [0.15, 0.2) is 9.84 Å². The Morgan fingerprint density at radius 2 is 1.71 bits per heavy atom. The second kappa shape index (κ2) is 6.39. The van der Waals surface area contributed by atoms with Crippen molar-refractivity contribution >= 4 is 17.7 Å². The summed E-state index contributed by atoms with van der Waals surface area (Å²) in [5, 5.41) is 7.31. The fourth-order valence-electron chi connectivity index (χ4n) is 1.04. The van der Waals surface area contributed by atoms with Gasteiger partial charge in [0.1, 0.15) is 13.1 Å². The fourth-order valence-corrected chi connectivity index (χ4v) is 2.56. The van der Waals surface area contributed by atoms with E-state index >= 15 is 0 Å². The van der Waals surface area contributed by atoms with Gasteiger partial charge in [0.05, 0.1) is 25.0 Å². The molecule has 0 aliphatic heterocycles. The highest BCUT2D eigenvalue weighted by molar-refractivity contribution is 7.93. The lowest BCUT2D eigenvalue weighted by Crippen LogP contribution is -2.40. The van der Waals surface area contributed by atoms with E-state index in [0.29, 0.717) is 0 Å². The molecule has 0 heterocycles. The zero-order chi connectivity index (χ0) is 11.2. The summed E-state index contributed by atoms with van der Waals surface area (Å²) in [5.74, 6) is 0. The van der Waals surface area contributed by atoms with E-state index in [9.17, 15) is 8.42 Å². The Balaban J connectivity index is 4.62. The second-order valence-corrected chi connectivity index (χ2v) is 5.76. The molecule has 1 N–H and O–H groups in total. The first-order chi connectivity index (χ1) is 6.50. The summed E-state index contributed by atoms with van der Waals surface area (Å²) in [5.41, 5.74) is 0. The van der Waals surface area contributed by atoms with Crippen LogP contribution in [0.25, 0.3) is 0 Å². The predicted molar refractivity (Wildman–Crippen MR) is 55.9 cm³/mol. The number of methoxy groups -OCH3 is 2. The number of sulfone groups is 1. The molecule has 0 fully saturated rings. The lowest BCUT2D eigenvalue weighted by Gasteiger charge is -2.19. The van der Waals surface area contributed by atoms with Gasteiger partial charge in [-0.2, -0.15) is 0 Å². The molecule has 0 rings (SSSR count). The number of aliphatic hydroxyl groups excluding tert-OH is 1. The van der Waals surface area contributed by atoms with Crippen LogP contribution in [0.15, 0.2) is 0 Å². The third kappa shape index (κ3) is 3.57. The predicted octanol–water partition coefficient (Wildman–Crippen LogP) is -1.99. The largest absolute Gasteiger partial charge is 0.396 e. The van der Waals surface area contributed by atoms with E-state index < -0.39 is 20.2 Å². The maximum atomic E-state index is 11.7. The summed E-state index contributed by atoms with van der Waals surface area (Å²) in [6.45, 7) is -0.215. The van der Waals surface area contributed by atoms with Crippen LogP contribution in [0.1, 0.15) is 0 Å². The van der Waals surface area contributed by atoms with E-state index in [1.807, 2.05) is 0 Å². The molecule has 84 valence electrons. The maximum absolute atomic E-state index is 11.7. The summed E-state index contributed by atoms with van der Waals surface area (Å²) >= 11 is 0. The number of hydrogen-bond acceptors (Lipinski definition) is 5. The minimum Gasteiger partial charge on any atom is -0.396 e. The van der Waals surface area contributed by atoms with Gasteiger partial charge in [-0.25, -0.2) is 8.42 Å². The van der Waals surface area contributed by atoms with E-state index in [1.165, 1.54) is 22.1 Å². The van der Waals surface area contributed by atoms with Gasteiger partial charge in [-0.15, -0.1) is 0 Å². The van der Waals surface area contributed by atoms with Crippen LogP contribution < -0.4 is 0 Å². The molecule has 0 saturated heterocycles. The number of hydrogen-bond donors (Lipinski definition) is 1. The Bertz CT molecular complexity index is 234. The highest BCUT2D eigenvalue weighted by Gasteiger charge is 2.30.